The lowest BCUT2D eigenvalue weighted by Crippen LogP contribution is -1.99. The average molecular weight is 274 g/mol. The summed E-state index contributed by atoms with van der Waals surface area (Å²) >= 11 is -0.316. The largest absolute Gasteiger partial charge is 0.446 e. The van der Waals surface area contributed by atoms with Crippen LogP contribution < -0.4 is 0 Å². The molecule has 0 unspecified atom stereocenters. The van der Waals surface area contributed by atoms with E-state index < -0.39 is 21.5 Å². The van der Waals surface area contributed by atoms with Crippen LogP contribution in [0.4, 0.5) is 17.1 Å². The van der Waals surface area contributed by atoms with Gasteiger partial charge in [0.1, 0.15) is 5.75 Å². The zero-order valence-corrected chi connectivity index (χ0v) is 9.29. The van der Waals surface area contributed by atoms with Crippen molar-refractivity contribution in [2.24, 2.45) is 0 Å². The Morgan fingerprint density at radius 3 is 2.00 bits per heavy atom. The second-order valence-electron chi connectivity index (χ2n) is 2.87. The summed E-state index contributed by atoms with van der Waals surface area (Å²) in [5, 5.41) is 0. The van der Waals surface area contributed by atoms with E-state index in [1.54, 1.807) is 0 Å². The number of thioether (sulfide) groups is 1. The molecule has 0 saturated heterocycles. The van der Waals surface area contributed by atoms with Crippen LogP contribution in [0.15, 0.2) is 29.2 Å². The highest BCUT2D eigenvalue weighted by Gasteiger charge is 2.29. The summed E-state index contributed by atoms with van der Waals surface area (Å²) in [4.78, 5) is -0.0764. The number of rotatable bonds is 3. The van der Waals surface area contributed by atoms with Gasteiger partial charge in [-0.2, -0.15) is 21.6 Å². The first-order valence-electron chi connectivity index (χ1n) is 3.93. The molecule has 16 heavy (non-hydrogen) atoms. The predicted molar refractivity (Wildman–Crippen MR) is 52.1 cm³/mol. The second-order valence-corrected chi connectivity index (χ2v) is 5.38. The highest BCUT2D eigenvalue weighted by Crippen LogP contribution is 2.36. The minimum Gasteiger partial charge on any atom is -0.194 e. The summed E-state index contributed by atoms with van der Waals surface area (Å²) < 4.78 is 68.5. The standard InChI is InChI=1S/C8H6F4O2S2/c9-8(10,11)15-7-3-1-6(2-4-7)5-16(12,13)14/h1-4H,5H2. The summed E-state index contributed by atoms with van der Waals surface area (Å²) in [5.74, 6) is -0.829. The van der Waals surface area contributed by atoms with Crippen molar-refractivity contribution in [2.75, 3.05) is 0 Å². The Hall–Kier alpha value is -0.760. The maximum absolute atomic E-state index is 12.2. The van der Waals surface area contributed by atoms with E-state index in [0.29, 0.717) is 0 Å². The molecule has 0 aliphatic rings. The average Bonchev–Trinajstić information content (AvgIpc) is 2.03. The molecule has 0 aromatic heterocycles. The third kappa shape index (κ3) is 5.36. The molecular weight excluding hydrogens is 268 g/mol. The first kappa shape index (κ1) is 13.3. The van der Waals surface area contributed by atoms with Crippen LogP contribution in [0.3, 0.4) is 0 Å². The highest BCUT2D eigenvalue weighted by molar-refractivity contribution is 8.00. The van der Waals surface area contributed by atoms with E-state index in [4.69, 9.17) is 0 Å². The van der Waals surface area contributed by atoms with E-state index in [2.05, 4.69) is 0 Å². The van der Waals surface area contributed by atoms with Gasteiger partial charge >= 0.3 is 15.7 Å². The Balaban J connectivity index is 2.76. The van der Waals surface area contributed by atoms with Crippen LogP contribution in [0.2, 0.25) is 0 Å². The first-order valence-corrected chi connectivity index (χ1v) is 6.30. The Morgan fingerprint density at radius 2 is 1.62 bits per heavy atom. The number of hydrogen-bond acceptors (Lipinski definition) is 3. The van der Waals surface area contributed by atoms with Gasteiger partial charge in [-0.1, -0.05) is 12.1 Å². The van der Waals surface area contributed by atoms with Crippen molar-refractivity contribution in [3.8, 4) is 0 Å². The molecule has 0 bridgehead atoms. The predicted octanol–water partition coefficient (Wildman–Crippen LogP) is 3.10. The summed E-state index contributed by atoms with van der Waals surface area (Å²) in [5.41, 5.74) is -4.29. The van der Waals surface area contributed by atoms with Gasteiger partial charge in [-0.3, -0.25) is 0 Å². The van der Waals surface area contributed by atoms with Gasteiger partial charge in [0, 0.05) is 4.90 Å². The van der Waals surface area contributed by atoms with Crippen molar-refractivity contribution in [2.45, 2.75) is 16.2 Å². The molecule has 0 amide bonds. The van der Waals surface area contributed by atoms with Crippen LogP contribution >= 0.6 is 11.8 Å². The molecule has 90 valence electrons. The normalized spacial score (nSPS) is 12.8. The van der Waals surface area contributed by atoms with Gasteiger partial charge in [0.05, 0.1) is 0 Å². The Morgan fingerprint density at radius 1 is 1.12 bits per heavy atom. The first-order chi connectivity index (χ1) is 7.16. The van der Waals surface area contributed by atoms with Crippen LogP contribution in [-0.4, -0.2) is 13.9 Å². The van der Waals surface area contributed by atoms with Crippen molar-refractivity contribution in [3.63, 3.8) is 0 Å². The fraction of sp³-hybridized carbons (Fsp3) is 0.250. The van der Waals surface area contributed by atoms with Gasteiger partial charge in [-0.15, -0.1) is 3.89 Å². The van der Waals surface area contributed by atoms with E-state index >= 15 is 0 Å². The van der Waals surface area contributed by atoms with Gasteiger partial charge in [0.25, 0.3) is 0 Å². The lowest BCUT2D eigenvalue weighted by molar-refractivity contribution is -0.0328. The summed E-state index contributed by atoms with van der Waals surface area (Å²) in [7, 11) is -4.65. The molecule has 8 heteroatoms. The number of halogens is 4. The lowest BCUT2D eigenvalue weighted by Gasteiger charge is -2.05. The Bertz CT molecular complexity index is 450. The lowest BCUT2D eigenvalue weighted by atomic mass is 10.2. The molecule has 2 nitrogen and oxygen atoms in total. The van der Waals surface area contributed by atoms with Gasteiger partial charge in [0.15, 0.2) is 0 Å². The molecule has 0 fully saturated rings. The van der Waals surface area contributed by atoms with Crippen molar-refractivity contribution >= 4 is 22.0 Å². The van der Waals surface area contributed by atoms with Crippen molar-refractivity contribution in [1.82, 2.24) is 0 Å². The monoisotopic (exact) mass is 274 g/mol. The van der Waals surface area contributed by atoms with Crippen molar-refractivity contribution in [1.29, 1.82) is 0 Å². The fourth-order valence-electron chi connectivity index (χ4n) is 0.986. The van der Waals surface area contributed by atoms with Crippen LogP contribution in [0.5, 0.6) is 0 Å². The molecule has 1 rings (SSSR count). The molecule has 0 radical (unpaired) electrons. The van der Waals surface area contributed by atoms with Crippen LogP contribution in [0.25, 0.3) is 0 Å². The minimum absolute atomic E-state index is 0.0764. The van der Waals surface area contributed by atoms with E-state index in [1.807, 2.05) is 0 Å². The fourth-order valence-corrected chi connectivity index (χ4v) is 2.12. The summed E-state index contributed by atoms with van der Waals surface area (Å²) in [6.45, 7) is 0. The van der Waals surface area contributed by atoms with Crippen LogP contribution in [0, 0.1) is 0 Å². The van der Waals surface area contributed by atoms with Crippen LogP contribution in [0.1, 0.15) is 5.56 Å². The quantitative estimate of drug-likeness (QED) is 0.482. The topological polar surface area (TPSA) is 34.1 Å². The third-order valence-corrected chi connectivity index (χ3v) is 2.91. The maximum atomic E-state index is 12.2. The molecule has 0 aliphatic heterocycles. The molecule has 0 atom stereocenters. The zero-order valence-electron chi connectivity index (χ0n) is 7.66. The Labute approximate surface area is 93.9 Å². The van der Waals surface area contributed by atoms with Crippen molar-refractivity contribution in [3.05, 3.63) is 29.8 Å². The van der Waals surface area contributed by atoms with Gasteiger partial charge < -0.3 is 0 Å². The van der Waals surface area contributed by atoms with Gasteiger partial charge in [-0.25, -0.2) is 0 Å². The number of hydrogen-bond donors (Lipinski definition) is 0. The van der Waals surface area contributed by atoms with E-state index in [1.165, 1.54) is 0 Å². The minimum atomic E-state index is -4.65. The second kappa shape index (κ2) is 4.62. The molecule has 1 aromatic carbocycles. The molecule has 0 heterocycles. The molecule has 0 saturated carbocycles. The maximum Gasteiger partial charge on any atom is 0.446 e. The number of benzene rings is 1. The Kier molecular flexibility index (Phi) is 3.84. The third-order valence-electron chi connectivity index (χ3n) is 1.50. The van der Waals surface area contributed by atoms with E-state index in [9.17, 15) is 25.5 Å². The van der Waals surface area contributed by atoms with Crippen LogP contribution in [-0.2, 0) is 16.0 Å². The molecule has 0 aliphatic carbocycles. The smallest absolute Gasteiger partial charge is 0.194 e. The molecular formula is C8H6F4O2S2. The molecule has 0 spiro atoms. The van der Waals surface area contributed by atoms with Gasteiger partial charge in [-0.05, 0) is 29.5 Å². The summed E-state index contributed by atoms with van der Waals surface area (Å²) in [6.07, 6.45) is 0. The van der Waals surface area contributed by atoms with Gasteiger partial charge in [0.2, 0.25) is 0 Å². The SMILES string of the molecule is O=S(=O)(F)Cc1ccc(SC(F)(F)F)cc1. The highest BCUT2D eigenvalue weighted by atomic mass is 32.3. The van der Waals surface area contributed by atoms with Crippen molar-refractivity contribution < 1.29 is 25.5 Å². The summed E-state index contributed by atoms with van der Waals surface area (Å²) in [6, 6.07) is 4.48. The van der Waals surface area contributed by atoms with E-state index in [0.717, 1.165) is 24.3 Å². The molecule has 1 aromatic rings. The zero-order chi connectivity index (χ0) is 12.4. The molecule has 0 N–H and O–H groups in total. The number of alkyl halides is 3. The van der Waals surface area contributed by atoms with E-state index in [-0.39, 0.29) is 22.2 Å².